The molecule has 146 valence electrons. The van der Waals surface area contributed by atoms with Crippen LogP contribution in [0.15, 0.2) is 41.4 Å². The third-order valence-corrected chi connectivity index (χ3v) is 4.19. The van der Waals surface area contributed by atoms with Crippen LogP contribution < -0.4 is 10.2 Å². The molecule has 0 saturated heterocycles. The molecule has 1 heterocycles. The fraction of sp³-hybridized carbons (Fsp3) is 0.294. The van der Waals surface area contributed by atoms with Gasteiger partial charge in [-0.15, -0.1) is 0 Å². The van der Waals surface area contributed by atoms with Gasteiger partial charge in [0.05, 0.1) is 40.8 Å². The summed E-state index contributed by atoms with van der Waals surface area (Å²) in [5.74, 6) is -0.00182. The van der Waals surface area contributed by atoms with Crippen molar-refractivity contribution in [2.75, 3.05) is 18.6 Å². The smallest absolute Gasteiger partial charge is 0.437 e. The van der Waals surface area contributed by atoms with Crippen LogP contribution in [0.3, 0.4) is 0 Å². The topological polar surface area (TPSA) is 86.3 Å². The van der Waals surface area contributed by atoms with E-state index in [0.29, 0.717) is 17.1 Å². The number of anilines is 1. The first kappa shape index (κ1) is 20.7. The van der Waals surface area contributed by atoms with E-state index in [2.05, 4.69) is 10.1 Å². The van der Waals surface area contributed by atoms with Gasteiger partial charge in [0, 0.05) is 0 Å². The molecule has 0 spiro atoms. The van der Waals surface area contributed by atoms with E-state index in [1.165, 1.54) is 12.0 Å². The Hall–Kier alpha value is -2.58. The quantitative estimate of drug-likeness (QED) is 0.704. The summed E-state index contributed by atoms with van der Waals surface area (Å²) in [6, 6.07) is 4.86. The molecule has 1 N–H and O–H groups in total. The molecule has 0 bridgehead atoms. The van der Waals surface area contributed by atoms with Crippen LogP contribution in [0.1, 0.15) is 20.8 Å². The number of benzene rings is 1. The monoisotopic (exact) mass is 416 g/mol. The summed E-state index contributed by atoms with van der Waals surface area (Å²) in [7, 11) is 1.17. The summed E-state index contributed by atoms with van der Waals surface area (Å²) in [6.45, 7) is 5.09. The van der Waals surface area contributed by atoms with E-state index in [-0.39, 0.29) is 28.4 Å². The van der Waals surface area contributed by atoms with Gasteiger partial charge in [-0.1, -0.05) is 29.3 Å². The molecule has 1 aliphatic rings. The average molecular weight is 417 g/mol. The van der Waals surface area contributed by atoms with Crippen molar-refractivity contribution in [1.82, 2.24) is 5.32 Å². The minimum Gasteiger partial charge on any atom is -0.437 e. The highest BCUT2D eigenvalue weighted by atomic mass is 35.5. The molecule has 1 aromatic carbocycles. The molecule has 0 aromatic heterocycles. The third kappa shape index (κ3) is 4.58. The highest BCUT2D eigenvalue weighted by Gasteiger charge is 2.34. The minimum atomic E-state index is -0.968. The predicted molar refractivity (Wildman–Crippen MR) is 99.1 cm³/mol. The Kier molecular flexibility index (Phi) is 6.81. The molecule has 1 aliphatic heterocycles. The van der Waals surface area contributed by atoms with Gasteiger partial charge in [0.2, 0.25) is 11.8 Å². The van der Waals surface area contributed by atoms with Crippen molar-refractivity contribution >= 4 is 41.2 Å². The van der Waals surface area contributed by atoms with E-state index in [9.17, 15) is 9.59 Å². The largest absolute Gasteiger partial charge is 0.515 e. The Morgan fingerprint density at radius 1 is 1.07 bits per heavy atom. The molecule has 0 saturated carbocycles. The van der Waals surface area contributed by atoms with Crippen LogP contribution in [-0.2, 0) is 18.9 Å². The number of hydrogen-bond donors (Lipinski definition) is 1. The van der Waals surface area contributed by atoms with Crippen LogP contribution in [-0.4, -0.2) is 26.0 Å². The van der Waals surface area contributed by atoms with Gasteiger partial charge in [-0.25, -0.2) is 14.5 Å². The number of nitrogens with one attached hydrogen (secondary N) is 1. The summed E-state index contributed by atoms with van der Waals surface area (Å²) in [5, 5.41) is 3.39. The van der Waals surface area contributed by atoms with Crippen LogP contribution >= 0.6 is 23.2 Å². The third-order valence-electron chi connectivity index (χ3n) is 3.38. The van der Waals surface area contributed by atoms with Crippen molar-refractivity contribution in [3.05, 3.63) is 51.4 Å². The summed E-state index contributed by atoms with van der Waals surface area (Å²) < 4.78 is 20.0. The Morgan fingerprint density at radius 3 is 2.22 bits per heavy atom. The highest BCUT2D eigenvalue weighted by molar-refractivity contribution is 6.43. The number of ether oxygens (including phenoxy) is 4. The van der Waals surface area contributed by atoms with Gasteiger partial charge in [-0.3, -0.25) is 0 Å². The number of hydrogen-bond acceptors (Lipinski definition) is 8. The molecular formula is C17H18Cl2N2O6. The molecule has 1 aromatic rings. The van der Waals surface area contributed by atoms with Gasteiger partial charge in [0.25, 0.3) is 0 Å². The first-order valence-corrected chi connectivity index (χ1v) is 8.59. The predicted octanol–water partition coefficient (Wildman–Crippen LogP) is 4.74. The molecule has 0 radical (unpaired) electrons. The van der Waals surface area contributed by atoms with Crippen molar-refractivity contribution in [2.24, 2.45) is 0 Å². The second kappa shape index (κ2) is 8.88. The zero-order valence-corrected chi connectivity index (χ0v) is 16.6. The maximum absolute atomic E-state index is 11.9. The maximum atomic E-state index is 11.9. The molecular weight excluding hydrogens is 399 g/mol. The Bertz CT molecular complexity index is 822. The number of methoxy groups -OCH3 is 1. The fourth-order valence-corrected chi connectivity index (χ4v) is 2.67. The van der Waals surface area contributed by atoms with E-state index >= 15 is 0 Å². The standard InChI is InChI=1S/C17H18Cl2N2O6/c1-5-25-17(23)27-15-10(3)20-9(2)14(26-16(22)24-4)21(15)12-8-6-7-11(18)13(12)19/h6-8,20H,5H2,1-4H3. The van der Waals surface area contributed by atoms with Gasteiger partial charge in [0.1, 0.15) is 0 Å². The zero-order chi connectivity index (χ0) is 20.1. The first-order valence-electron chi connectivity index (χ1n) is 7.83. The molecule has 0 atom stereocenters. The molecule has 0 fully saturated rings. The number of carbonyl (C=O) groups excluding carboxylic acids is 2. The van der Waals surface area contributed by atoms with Crippen molar-refractivity contribution < 1.29 is 28.5 Å². The summed E-state index contributed by atoms with van der Waals surface area (Å²) in [4.78, 5) is 25.0. The minimum absolute atomic E-state index is 0.00196. The van der Waals surface area contributed by atoms with E-state index in [1.54, 1.807) is 39.0 Å². The van der Waals surface area contributed by atoms with Gasteiger partial charge in [-0.2, -0.15) is 0 Å². The molecule has 0 aliphatic carbocycles. The molecule has 0 unspecified atom stereocenters. The Labute approximate surface area is 166 Å². The van der Waals surface area contributed by atoms with Crippen molar-refractivity contribution in [2.45, 2.75) is 20.8 Å². The molecule has 0 amide bonds. The van der Waals surface area contributed by atoms with Gasteiger partial charge >= 0.3 is 12.3 Å². The molecule has 27 heavy (non-hydrogen) atoms. The van der Waals surface area contributed by atoms with E-state index in [1.807, 2.05) is 0 Å². The normalized spacial score (nSPS) is 13.9. The van der Waals surface area contributed by atoms with Crippen LogP contribution in [0.4, 0.5) is 15.3 Å². The van der Waals surface area contributed by atoms with Crippen LogP contribution in [0.25, 0.3) is 0 Å². The van der Waals surface area contributed by atoms with Crippen LogP contribution in [0.5, 0.6) is 0 Å². The van der Waals surface area contributed by atoms with Crippen molar-refractivity contribution in [1.29, 1.82) is 0 Å². The summed E-state index contributed by atoms with van der Waals surface area (Å²) >= 11 is 12.5. The molecule has 10 heteroatoms. The SMILES string of the molecule is CCOC(=O)OC1=C(C)NC(C)=C(OC(=O)OC)N1c1cccc(Cl)c1Cl. The fourth-order valence-electron chi connectivity index (χ4n) is 2.29. The average Bonchev–Trinajstić information content (AvgIpc) is 2.62. The number of carbonyl (C=O) groups is 2. The number of halogens is 2. The number of allylic oxidation sites excluding steroid dienone is 2. The van der Waals surface area contributed by atoms with E-state index < -0.39 is 12.3 Å². The van der Waals surface area contributed by atoms with Crippen LogP contribution in [0, 0.1) is 0 Å². The summed E-state index contributed by atoms with van der Waals surface area (Å²) in [5.41, 5.74) is 1.22. The van der Waals surface area contributed by atoms with Gasteiger partial charge in [-0.05, 0) is 32.9 Å². The second-order valence-corrected chi connectivity index (χ2v) is 6.02. The van der Waals surface area contributed by atoms with E-state index in [0.717, 1.165) is 0 Å². The summed E-state index contributed by atoms with van der Waals surface area (Å²) in [6.07, 6.45) is -1.90. The van der Waals surface area contributed by atoms with Gasteiger partial charge in [0.15, 0.2) is 0 Å². The number of rotatable bonds is 4. The molecule has 2 rings (SSSR count). The lowest BCUT2D eigenvalue weighted by Crippen LogP contribution is -2.37. The number of nitrogens with zero attached hydrogens (tertiary/aromatic N) is 1. The Balaban J connectivity index is 2.59. The Morgan fingerprint density at radius 2 is 1.67 bits per heavy atom. The molecule has 8 nitrogen and oxygen atoms in total. The second-order valence-electron chi connectivity index (χ2n) is 5.23. The lowest BCUT2D eigenvalue weighted by atomic mass is 10.2. The van der Waals surface area contributed by atoms with Crippen molar-refractivity contribution in [3.8, 4) is 0 Å². The zero-order valence-electron chi connectivity index (χ0n) is 15.1. The van der Waals surface area contributed by atoms with E-state index in [4.69, 9.17) is 37.4 Å². The maximum Gasteiger partial charge on any atom is 0.515 e. The van der Waals surface area contributed by atoms with Crippen molar-refractivity contribution in [3.63, 3.8) is 0 Å². The highest BCUT2D eigenvalue weighted by Crippen LogP contribution is 2.39. The first-order chi connectivity index (χ1) is 12.8. The lowest BCUT2D eigenvalue weighted by Gasteiger charge is -2.33. The van der Waals surface area contributed by atoms with Gasteiger partial charge < -0.3 is 24.3 Å². The lowest BCUT2D eigenvalue weighted by molar-refractivity contribution is 0.0736. The van der Waals surface area contributed by atoms with Crippen LogP contribution in [0.2, 0.25) is 10.0 Å².